The minimum Gasteiger partial charge on any atom is -0.495 e. The van der Waals surface area contributed by atoms with Gasteiger partial charge in [0.1, 0.15) is 10.6 Å². The summed E-state index contributed by atoms with van der Waals surface area (Å²) in [5, 5.41) is 4.67. The van der Waals surface area contributed by atoms with Crippen LogP contribution in [0, 0.1) is 3.57 Å². The smallest absolute Gasteiger partial charge is 0.269 e. The fraction of sp³-hybridized carbons (Fsp3) is 0.0833. The van der Waals surface area contributed by atoms with E-state index in [4.69, 9.17) is 4.74 Å². The van der Waals surface area contributed by atoms with Crippen molar-refractivity contribution in [1.82, 2.24) is 0 Å². The fourth-order valence-corrected chi connectivity index (χ4v) is 2.46. The molecule has 0 atom stereocenters. The molecule has 0 saturated heterocycles. The largest absolute Gasteiger partial charge is 0.495 e. The number of ether oxygens (including phenoxy) is 1. The van der Waals surface area contributed by atoms with Crippen molar-refractivity contribution in [2.75, 3.05) is 12.4 Å². The van der Waals surface area contributed by atoms with Gasteiger partial charge in [0.15, 0.2) is 0 Å². The molecule has 2 aromatic rings. The summed E-state index contributed by atoms with van der Waals surface area (Å²) in [6.07, 6.45) is 0. The highest BCUT2D eigenvalue weighted by molar-refractivity contribution is 14.1. The molecule has 0 aliphatic rings. The third-order valence-corrected chi connectivity index (χ3v) is 3.77. The van der Waals surface area contributed by atoms with Gasteiger partial charge >= 0.3 is 0 Å². The van der Waals surface area contributed by atoms with Gasteiger partial charge in [-0.25, -0.2) is 0 Å². The van der Waals surface area contributed by atoms with Gasteiger partial charge in [0.25, 0.3) is 5.91 Å². The van der Waals surface area contributed by atoms with Gasteiger partial charge in [0.2, 0.25) is 0 Å². The summed E-state index contributed by atoms with van der Waals surface area (Å²) in [6, 6.07) is 9.43. The summed E-state index contributed by atoms with van der Waals surface area (Å²) >= 11 is 3.59. The quantitative estimate of drug-likeness (QED) is 0.851. The first-order valence-electron chi connectivity index (χ1n) is 4.89. The van der Waals surface area contributed by atoms with E-state index in [1.165, 1.54) is 11.3 Å². The standard InChI is InChI=1S/C12H10INO2S/c1-16-10-6-7-17-11(10)12(15)14-9-4-2-8(13)3-5-9/h2-7H,1H3,(H,14,15). The Hall–Kier alpha value is -1.08. The number of benzene rings is 1. The predicted octanol–water partition coefficient (Wildman–Crippen LogP) is 3.61. The molecule has 1 aromatic heterocycles. The van der Waals surface area contributed by atoms with Crippen molar-refractivity contribution >= 4 is 45.5 Å². The molecule has 5 heteroatoms. The van der Waals surface area contributed by atoms with Crippen LogP contribution in [0.4, 0.5) is 5.69 Å². The van der Waals surface area contributed by atoms with Gasteiger partial charge in [-0.1, -0.05) is 0 Å². The fourth-order valence-electron chi connectivity index (χ4n) is 1.34. The van der Waals surface area contributed by atoms with Crippen molar-refractivity contribution in [2.24, 2.45) is 0 Å². The lowest BCUT2D eigenvalue weighted by Crippen LogP contribution is -2.11. The van der Waals surface area contributed by atoms with Gasteiger partial charge in [-0.2, -0.15) is 0 Å². The molecule has 2 rings (SSSR count). The van der Waals surface area contributed by atoms with E-state index < -0.39 is 0 Å². The molecular formula is C12H10INO2S. The molecule has 17 heavy (non-hydrogen) atoms. The maximum Gasteiger partial charge on any atom is 0.269 e. The molecule has 0 unspecified atom stereocenters. The summed E-state index contributed by atoms with van der Waals surface area (Å²) in [4.78, 5) is 12.5. The molecule has 0 aliphatic carbocycles. The van der Waals surface area contributed by atoms with E-state index in [0.29, 0.717) is 10.6 Å². The number of rotatable bonds is 3. The first-order valence-corrected chi connectivity index (χ1v) is 6.85. The first-order chi connectivity index (χ1) is 8.20. The molecule has 0 spiro atoms. The van der Waals surface area contributed by atoms with Gasteiger partial charge in [-0.3, -0.25) is 4.79 Å². The maximum absolute atomic E-state index is 12.0. The highest BCUT2D eigenvalue weighted by Crippen LogP contribution is 2.25. The number of thiophene rings is 1. The van der Waals surface area contributed by atoms with E-state index in [1.807, 2.05) is 29.6 Å². The van der Waals surface area contributed by atoms with Crippen molar-refractivity contribution < 1.29 is 9.53 Å². The summed E-state index contributed by atoms with van der Waals surface area (Å²) in [6.45, 7) is 0. The average Bonchev–Trinajstić information content (AvgIpc) is 2.80. The average molecular weight is 359 g/mol. The Bertz CT molecular complexity index is 522. The predicted molar refractivity (Wildman–Crippen MR) is 78.0 cm³/mol. The zero-order valence-corrected chi connectivity index (χ0v) is 12.0. The number of amides is 1. The molecule has 1 aromatic carbocycles. The van der Waals surface area contributed by atoms with Gasteiger partial charge < -0.3 is 10.1 Å². The van der Waals surface area contributed by atoms with Crippen LogP contribution in [0.3, 0.4) is 0 Å². The molecule has 0 radical (unpaired) electrons. The topological polar surface area (TPSA) is 38.3 Å². The molecule has 1 heterocycles. The Kier molecular flexibility index (Phi) is 4.01. The Balaban J connectivity index is 2.14. The minimum atomic E-state index is -0.141. The molecule has 3 nitrogen and oxygen atoms in total. The van der Waals surface area contributed by atoms with E-state index in [9.17, 15) is 4.79 Å². The number of hydrogen-bond acceptors (Lipinski definition) is 3. The van der Waals surface area contributed by atoms with E-state index in [1.54, 1.807) is 13.2 Å². The third-order valence-electron chi connectivity index (χ3n) is 2.16. The van der Waals surface area contributed by atoms with Gasteiger partial charge in [-0.15, -0.1) is 11.3 Å². The zero-order valence-electron chi connectivity index (χ0n) is 9.07. The van der Waals surface area contributed by atoms with E-state index >= 15 is 0 Å². The summed E-state index contributed by atoms with van der Waals surface area (Å²) in [5.74, 6) is 0.469. The lowest BCUT2D eigenvalue weighted by molar-refractivity contribution is 0.102. The summed E-state index contributed by atoms with van der Waals surface area (Å²) in [7, 11) is 1.56. The third kappa shape index (κ3) is 2.98. The zero-order chi connectivity index (χ0) is 12.3. The summed E-state index contributed by atoms with van der Waals surface area (Å²) in [5.41, 5.74) is 0.783. The SMILES string of the molecule is COc1ccsc1C(=O)Nc1ccc(I)cc1. The van der Waals surface area contributed by atoms with Crippen LogP contribution in [0.1, 0.15) is 9.67 Å². The molecule has 0 aliphatic heterocycles. The molecule has 1 N–H and O–H groups in total. The maximum atomic E-state index is 12.0. The van der Waals surface area contributed by atoms with Crippen molar-refractivity contribution in [1.29, 1.82) is 0 Å². The van der Waals surface area contributed by atoms with Crippen LogP contribution in [0.15, 0.2) is 35.7 Å². The van der Waals surface area contributed by atoms with E-state index in [0.717, 1.165) is 9.26 Å². The van der Waals surface area contributed by atoms with Gasteiger partial charge in [0.05, 0.1) is 7.11 Å². The lowest BCUT2D eigenvalue weighted by atomic mass is 10.3. The molecule has 0 bridgehead atoms. The summed E-state index contributed by atoms with van der Waals surface area (Å²) < 4.78 is 6.25. The normalized spacial score (nSPS) is 10.0. The number of carbonyl (C=O) groups excluding carboxylic acids is 1. The van der Waals surface area contributed by atoms with Gasteiger partial charge in [0, 0.05) is 9.26 Å². The molecule has 88 valence electrons. The highest BCUT2D eigenvalue weighted by atomic mass is 127. The highest BCUT2D eigenvalue weighted by Gasteiger charge is 2.13. The number of methoxy groups -OCH3 is 1. The number of anilines is 1. The van der Waals surface area contributed by atoms with Crippen LogP contribution in [0.25, 0.3) is 0 Å². The van der Waals surface area contributed by atoms with Crippen LogP contribution in [-0.4, -0.2) is 13.0 Å². The monoisotopic (exact) mass is 359 g/mol. The van der Waals surface area contributed by atoms with Crippen LogP contribution < -0.4 is 10.1 Å². The van der Waals surface area contributed by atoms with Gasteiger partial charge in [-0.05, 0) is 58.3 Å². The number of hydrogen-bond donors (Lipinski definition) is 1. The van der Waals surface area contributed by atoms with Crippen molar-refractivity contribution in [2.45, 2.75) is 0 Å². The lowest BCUT2D eigenvalue weighted by Gasteiger charge is -2.05. The van der Waals surface area contributed by atoms with Crippen molar-refractivity contribution in [3.63, 3.8) is 0 Å². The number of carbonyl (C=O) groups is 1. The van der Waals surface area contributed by atoms with Crippen LogP contribution in [0.2, 0.25) is 0 Å². The number of halogens is 1. The second-order valence-electron chi connectivity index (χ2n) is 3.28. The van der Waals surface area contributed by atoms with Crippen LogP contribution in [-0.2, 0) is 0 Å². The Labute approximate surface area is 117 Å². The van der Waals surface area contributed by atoms with Crippen molar-refractivity contribution in [3.8, 4) is 5.75 Å². The Morgan fingerprint density at radius 1 is 1.29 bits per heavy atom. The first kappa shape index (κ1) is 12.4. The van der Waals surface area contributed by atoms with E-state index in [2.05, 4.69) is 27.9 Å². The molecule has 0 fully saturated rings. The number of nitrogens with one attached hydrogen (secondary N) is 1. The second kappa shape index (κ2) is 5.50. The minimum absolute atomic E-state index is 0.141. The Morgan fingerprint density at radius 3 is 2.65 bits per heavy atom. The van der Waals surface area contributed by atoms with Crippen LogP contribution >= 0.6 is 33.9 Å². The van der Waals surface area contributed by atoms with E-state index in [-0.39, 0.29) is 5.91 Å². The second-order valence-corrected chi connectivity index (χ2v) is 5.44. The van der Waals surface area contributed by atoms with Crippen molar-refractivity contribution in [3.05, 3.63) is 44.2 Å². The molecular weight excluding hydrogens is 349 g/mol. The molecule has 1 amide bonds. The van der Waals surface area contributed by atoms with Crippen LogP contribution in [0.5, 0.6) is 5.75 Å². The Morgan fingerprint density at radius 2 is 2.00 bits per heavy atom. The molecule has 0 saturated carbocycles.